The first-order chi connectivity index (χ1) is 10.3. The van der Waals surface area contributed by atoms with Gasteiger partial charge in [0, 0.05) is 23.8 Å². The summed E-state index contributed by atoms with van der Waals surface area (Å²) >= 11 is 0. The second-order valence-corrected chi connectivity index (χ2v) is 5.20. The van der Waals surface area contributed by atoms with E-state index in [-0.39, 0.29) is 6.61 Å². The highest BCUT2D eigenvalue weighted by Gasteiger charge is 2.01. The van der Waals surface area contributed by atoms with E-state index < -0.39 is 0 Å². The van der Waals surface area contributed by atoms with E-state index in [0.717, 1.165) is 28.7 Å². The van der Waals surface area contributed by atoms with Crippen LogP contribution in [0.1, 0.15) is 16.7 Å². The van der Waals surface area contributed by atoms with Gasteiger partial charge in [-0.15, -0.1) is 0 Å². The lowest BCUT2D eigenvalue weighted by Gasteiger charge is -2.10. The third-order valence-electron chi connectivity index (χ3n) is 3.62. The number of pyridine rings is 1. The van der Waals surface area contributed by atoms with Gasteiger partial charge in [0.2, 0.25) is 0 Å². The summed E-state index contributed by atoms with van der Waals surface area (Å²) in [5.74, 6) is 0. The van der Waals surface area contributed by atoms with Crippen molar-refractivity contribution in [1.82, 2.24) is 4.98 Å². The van der Waals surface area contributed by atoms with E-state index >= 15 is 0 Å². The van der Waals surface area contributed by atoms with E-state index in [2.05, 4.69) is 47.6 Å². The van der Waals surface area contributed by atoms with Gasteiger partial charge in [-0.05, 0) is 41.8 Å². The van der Waals surface area contributed by atoms with E-state index in [1.807, 2.05) is 18.2 Å². The number of hydrogen-bond acceptors (Lipinski definition) is 3. The summed E-state index contributed by atoms with van der Waals surface area (Å²) in [6.07, 6.45) is 1.72. The van der Waals surface area contributed by atoms with Crippen molar-refractivity contribution in [2.45, 2.75) is 20.1 Å². The van der Waals surface area contributed by atoms with Crippen molar-refractivity contribution in [2.75, 3.05) is 5.32 Å². The number of benzene rings is 2. The number of aryl methyl sites for hydroxylation is 1. The Bertz CT molecular complexity index is 768. The number of aromatic nitrogens is 1. The third-order valence-corrected chi connectivity index (χ3v) is 3.62. The third kappa shape index (κ3) is 3.03. The number of nitrogens with zero attached hydrogens (tertiary/aromatic N) is 1. The van der Waals surface area contributed by atoms with E-state index in [1.165, 1.54) is 11.1 Å². The van der Waals surface area contributed by atoms with Crippen LogP contribution in [0.4, 0.5) is 5.69 Å². The number of nitrogens with one attached hydrogen (secondary N) is 1. The van der Waals surface area contributed by atoms with Gasteiger partial charge in [-0.25, -0.2) is 0 Å². The summed E-state index contributed by atoms with van der Waals surface area (Å²) in [5, 5.41) is 13.6. The van der Waals surface area contributed by atoms with Crippen LogP contribution in [0.15, 0.2) is 54.7 Å². The molecule has 106 valence electrons. The van der Waals surface area contributed by atoms with E-state index in [1.54, 1.807) is 6.20 Å². The van der Waals surface area contributed by atoms with Crippen molar-refractivity contribution in [3.05, 3.63) is 71.4 Å². The zero-order valence-electron chi connectivity index (χ0n) is 12.0. The molecule has 0 spiro atoms. The fourth-order valence-electron chi connectivity index (χ4n) is 2.38. The Morgan fingerprint density at radius 2 is 1.90 bits per heavy atom. The first kappa shape index (κ1) is 13.6. The molecule has 3 rings (SSSR count). The highest BCUT2D eigenvalue weighted by Crippen LogP contribution is 2.18. The molecule has 0 amide bonds. The molecule has 3 nitrogen and oxygen atoms in total. The topological polar surface area (TPSA) is 45.1 Å². The molecule has 3 heteroatoms. The summed E-state index contributed by atoms with van der Waals surface area (Å²) in [6.45, 7) is 2.89. The van der Waals surface area contributed by atoms with Gasteiger partial charge in [0.05, 0.1) is 12.1 Å². The van der Waals surface area contributed by atoms with Crippen molar-refractivity contribution in [3.8, 4) is 0 Å². The highest BCUT2D eigenvalue weighted by atomic mass is 16.3. The highest BCUT2D eigenvalue weighted by molar-refractivity contribution is 5.79. The van der Waals surface area contributed by atoms with E-state index in [9.17, 15) is 0 Å². The predicted molar refractivity (Wildman–Crippen MR) is 86.2 cm³/mol. The second kappa shape index (κ2) is 5.94. The molecule has 3 aromatic rings. The summed E-state index contributed by atoms with van der Waals surface area (Å²) in [6, 6.07) is 16.5. The lowest BCUT2D eigenvalue weighted by molar-refractivity contribution is 0.281. The molecule has 0 saturated heterocycles. The van der Waals surface area contributed by atoms with Crippen LogP contribution in [0.3, 0.4) is 0 Å². The van der Waals surface area contributed by atoms with Crippen molar-refractivity contribution in [1.29, 1.82) is 0 Å². The first-order valence-electron chi connectivity index (χ1n) is 7.04. The molecule has 0 atom stereocenters. The number of fused-ring (bicyclic) bond motifs is 1. The molecule has 0 radical (unpaired) electrons. The largest absolute Gasteiger partial charge is 0.392 e. The van der Waals surface area contributed by atoms with Crippen molar-refractivity contribution in [3.63, 3.8) is 0 Å². The van der Waals surface area contributed by atoms with Crippen LogP contribution >= 0.6 is 0 Å². The molecule has 1 heterocycles. The SMILES string of the molecule is Cc1ccccc1NCc1ccc2cc(CO)cnc2c1. The van der Waals surface area contributed by atoms with Gasteiger partial charge in [-0.1, -0.05) is 30.3 Å². The molecule has 21 heavy (non-hydrogen) atoms. The quantitative estimate of drug-likeness (QED) is 0.765. The molecule has 1 aromatic heterocycles. The van der Waals surface area contributed by atoms with Crippen LogP contribution in [0, 0.1) is 6.92 Å². The summed E-state index contributed by atoms with van der Waals surface area (Å²) in [7, 11) is 0. The molecule has 2 N–H and O–H groups in total. The number of rotatable bonds is 4. The molecular weight excluding hydrogens is 260 g/mol. The van der Waals surface area contributed by atoms with Gasteiger partial charge in [-0.3, -0.25) is 4.98 Å². The van der Waals surface area contributed by atoms with Gasteiger partial charge in [0.25, 0.3) is 0 Å². The molecule has 0 saturated carbocycles. The van der Waals surface area contributed by atoms with Crippen LogP contribution in [0.5, 0.6) is 0 Å². The Hall–Kier alpha value is -2.39. The Balaban J connectivity index is 1.80. The number of hydrogen-bond donors (Lipinski definition) is 2. The fraction of sp³-hybridized carbons (Fsp3) is 0.167. The lowest BCUT2D eigenvalue weighted by Crippen LogP contribution is -2.01. The molecule has 0 unspecified atom stereocenters. The smallest absolute Gasteiger partial charge is 0.0705 e. The summed E-state index contributed by atoms with van der Waals surface area (Å²) < 4.78 is 0. The van der Waals surface area contributed by atoms with Gasteiger partial charge in [0.1, 0.15) is 0 Å². The predicted octanol–water partition coefficient (Wildman–Crippen LogP) is 3.65. The fourth-order valence-corrected chi connectivity index (χ4v) is 2.38. The molecule has 2 aromatic carbocycles. The minimum atomic E-state index is 0.0273. The summed E-state index contributed by atoms with van der Waals surface area (Å²) in [4.78, 5) is 4.40. The maximum absolute atomic E-state index is 9.14. The zero-order chi connectivity index (χ0) is 14.7. The Morgan fingerprint density at radius 1 is 1.05 bits per heavy atom. The van der Waals surface area contributed by atoms with E-state index in [4.69, 9.17) is 5.11 Å². The van der Waals surface area contributed by atoms with Gasteiger partial charge < -0.3 is 10.4 Å². The molecule has 0 fully saturated rings. The number of para-hydroxylation sites is 1. The standard InChI is InChI=1S/C18H18N2O/c1-13-4-2-3-5-17(13)19-10-14-6-7-16-8-15(12-21)11-20-18(16)9-14/h2-9,11,19,21H,10,12H2,1H3. The average Bonchev–Trinajstić information content (AvgIpc) is 2.53. The molecular formula is C18H18N2O. The zero-order valence-corrected chi connectivity index (χ0v) is 12.0. The number of aliphatic hydroxyl groups excluding tert-OH is 1. The van der Waals surface area contributed by atoms with Crippen molar-refractivity contribution in [2.24, 2.45) is 0 Å². The molecule has 0 aliphatic carbocycles. The van der Waals surface area contributed by atoms with Gasteiger partial charge >= 0.3 is 0 Å². The molecule has 0 aliphatic rings. The van der Waals surface area contributed by atoms with Crippen LogP contribution in [-0.2, 0) is 13.2 Å². The molecule has 0 bridgehead atoms. The monoisotopic (exact) mass is 278 g/mol. The number of aliphatic hydroxyl groups is 1. The van der Waals surface area contributed by atoms with Crippen LogP contribution in [0.25, 0.3) is 10.9 Å². The van der Waals surface area contributed by atoms with Crippen LogP contribution < -0.4 is 5.32 Å². The Labute approximate surface area is 124 Å². The van der Waals surface area contributed by atoms with Crippen molar-refractivity contribution >= 4 is 16.6 Å². The van der Waals surface area contributed by atoms with Crippen LogP contribution in [-0.4, -0.2) is 10.1 Å². The van der Waals surface area contributed by atoms with E-state index in [0.29, 0.717) is 0 Å². The van der Waals surface area contributed by atoms with Gasteiger partial charge in [0.15, 0.2) is 0 Å². The normalized spacial score (nSPS) is 10.8. The minimum Gasteiger partial charge on any atom is -0.392 e. The lowest BCUT2D eigenvalue weighted by atomic mass is 10.1. The van der Waals surface area contributed by atoms with Crippen molar-refractivity contribution < 1.29 is 5.11 Å². The Morgan fingerprint density at radius 3 is 2.71 bits per heavy atom. The first-order valence-corrected chi connectivity index (χ1v) is 7.04. The van der Waals surface area contributed by atoms with Gasteiger partial charge in [-0.2, -0.15) is 0 Å². The van der Waals surface area contributed by atoms with Crippen LogP contribution in [0.2, 0.25) is 0 Å². The average molecular weight is 278 g/mol. The maximum atomic E-state index is 9.14. The Kier molecular flexibility index (Phi) is 3.84. The summed E-state index contributed by atoms with van der Waals surface area (Å²) in [5.41, 5.74) is 5.38. The maximum Gasteiger partial charge on any atom is 0.0705 e. The number of anilines is 1. The minimum absolute atomic E-state index is 0.0273. The molecule has 0 aliphatic heterocycles. The second-order valence-electron chi connectivity index (χ2n) is 5.20.